The maximum absolute atomic E-state index is 13.0. The van der Waals surface area contributed by atoms with Crippen molar-refractivity contribution in [1.82, 2.24) is 0 Å². The van der Waals surface area contributed by atoms with E-state index < -0.39 is 0 Å². The summed E-state index contributed by atoms with van der Waals surface area (Å²) in [5.41, 5.74) is 1.15. The van der Waals surface area contributed by atoms with Crippen molar-refractivity contribution in [3.05, 3.63) is 41.7 Å². The van der Waals surface area contributed by atoms with Crippen LogP contribution in [0.2, 0.25) is 0 Å². The molecule has 0 radical (unpaired) electrons. The van der Waals surface area contributed by atoms with Crippen molar-refractivity contribution in [1.29, 1.82) is 0 Å². The zero-order valence-electron chi connectivity index (χ0n) is 6.97. The molecule has 0 atom stereocenters. The molecule has 0 aliphatic carbocycles. The molecule has 0 aromatic heterocycles. The van der Waals surface area contributed by atoms with Crippen LogP contribution in [0.25, 0.3) is 0 Å². The second-order valence-electron chi connectivity index (χ2n) is 2.87. The van der Waals surface area contributed by atoms with Gasteiger partial charge in [-0.15, -0.1) is 0 Å². The van der Waals surface area contributed by atoms with E-state index in [0.717, 1.165) is 5.57 Å². The fraction of sp³-hybridized carbons (Fsp3) is 0.200. The molecular weight excluding hydrogens is 155 g/mol. The number of phenolic OH excluding ortho intramolecular Hbond substituents is 1. The van der Waals surface area contributed by atoms with Crippen molar-refractivity contribution in [3.63, 3.8) is 0 Å². The standard InChI is InChI=1S/C10H11FO/c1-7(2)6-8-9(11)4-3-5-10(8)12/h3-5,12H,1,6H2,2H3. The maximum Gasteiger partial charge on any atom is 0.130 e. The predicted molar refractivity (Wildman–Crippen MR) is 46.6 cm³/mol. The van der Waals surface area contributed by atoms with Crippen LogP contribution in [0, 0.1) is 5.82 Å². The molecule has 0 bridgehead atoms. The first-order valence-electron chi connectivity index (χ1n) is 3.72. The molecule has 0 fully saturated rings. The van der Waals surface area contributed by atoms with Crippen molar-refractivity contribution in [2.45, 2.75) is 13.3 Å². The zero-order valence-corrected chi connectivity index (χ0v) is 6.97. The van der Waals surface area contributed by atoms with Gasteiger partial charge in [0.1, 0.15) is 11.6 Å². The van der Waals surface area contributed by atoms with Crippen LogP contribution in [0.4, 0.5) is 4.39 Å². The van der Waals surface area contributed by atoms with Crippen molar-refractivity contribution < 1.29 is 9.50 Å². The van der Waals surface area contributed by atoms with Gasteiger partial charge < -0.3 is 5.11 Å². The third-order valence-corrected chi connectivity index (χ3v) is 1.57. The lowest BCUT2D eigenvalue weighted by molar-refractivity contribution is 0.460. The number of hydrogen-bond acceptors (Lipinski definition) is 1. The van der Waals surface area contributed by atoms with Crippen molar-refractivity contribution in [2.24, 2.45) is 0 Å². The molecular formula is C10H11FO. The van der Waals surface area contributed by atoms with Gasteiger partial charge in [0.2, 0.25) is 0 Å². The number of phenols is 1. The molecule has 0 spiro atoms. The third-order valence-electron chi connectivity index (χ3n) is 1.57. The lowest BCUT2D eigenvalue weighted by Crippen LogP contribution is -1.91. The van der Waals surface area contributed by atoms with E-state index in [1.807, 2.05) is 0 Å². The number of rotatable bonds is 2. The quantitative estimate of drug-likeness (QED) is 0.669. The topological polar surface area (TPSA) is 20.2 Å². The molecule has 0 amide bonds. The van der Waals surface area contributed by atoms with Crippen LogP contribution < -0.4 is 0 Å². The van der Waals surface area contributed by atoms with E-state index in [1.54, 1.807) is 6.92 Å². The first-order valence-corrected chi connectivity index (χ1v) is 3.72. The maximum atomic E-state index is 13.0. The number of benzene rings is 1. The Bertz CT molecular complexity index is 284. The monoisotopic (exact) mass is 166 g/mol. The van der Waals surface area contributed by atoms with E-state index in [1.165, 1.54) is 18.2 Å². The molecule has 64 valence electrons. The van der Waals surface area contributed by atoms with Gasteiger partial charge >= 0.3 is 0 Å². The minimum absolute atomic E-state index is 0.00185. The van der Waals surface area contributed by atoms with Crippen LogP contribution in [-0.2, 0) is 6.42 Å². The van der Waals surface area contributed by atoms with E-state index in [2.05, 4.69) is 6.58 Å². The molecule has 0 unspecified atom stereocenters. The molecule has 2 heteroatoms. The number of hydrogen-bond donors (Lipinski definition) is 1. The van der Waals surface area contributed by atoms with E-state index in [9.17, 15) is 9.50 Å². The molecule has 1 N–H and O–H groups in total. The Balaban J connectivity index is 3.04. The van der Waals surface area contributed by atoms with Crippen LogP contribution in [0.1, 0.15) is 12.5 Å². The minimum Gasteiger partial charge on any atom is -0.508 e. The van der Waals surface area contributed by atoms with E-state index in [4.69, 9.17) is 0 Å². The van der Waals surface area contributed by atoms with Gasteiger partial charge in [0.15, 0.2) is 0 Å². The van der Waals surface area contributed by atoms with Gasteiger partial charge in [0.05, 0.1) is 0 Å². The Kier molecular flexibility index (Phi) is 2.48. The van der Waals surface area contributed by atoms with Crippen LogP contribution in [0.3, 0.4) is 0 Å². The first kappa shape index (κ1) is 8.78. The lowest BCUT2D eigenvalue weighted by atomic mass is 10.1. The Morgan fingerprint density at radius 2 is 2.25 bits per heavy atom. The van der Waals surface area contributed by atoms with Gasteiger partial charge in [-0.1, -0.05) is 18.2 Å². The van der Waals surface area contributed by atoms with Crippen LogP contribution in [0.5, 0.6) is 5.75 Å². The fourth-order valence-corrected chi connectivity index (χ4v) is 1.02. The molecule has 0 saturated heterocycles. The normalized spacial score (nSPS) is 9.83. The van der Waals surface area contributed by atoms with Gasteiger partial charge in [0.25, 0.3) is 0 Å². The Morgan fingerprint density at radius 3 is 2.75 bits per heavy atom. The molecule has 0 aliphatic rings. The van der Waals surface area contributed by atoms with E-state index >= 15 is 0 Å². The highest BCUT2D eigenvalue weighted by Gasteiger charge is 2.06. The molecule has 0 saturated carbocycles. The molecule has 12 heavy (non-hydrogen) atoms. The summed E-state index contributed by atoms with van der Waals surface area (Å²) in [7, 11) is 0. The Labute approximate surface area is 71.2 Å². The van der Waals surface area contributed by atoms with Crippen molar-refractivity contribution in [2.75, 3.05) is 0 Å². The zero-order chi connectivity index (χ0) is 9.14. The average molecular weight is 166 g/mol. The smallest absolute Gasteiger partial charge is 0.130 e. The summed E-state index contributed by atoms with van der Waals surface area (Å²) in [6.45, 7) is 5.45. The van der Waals surface area contributed by atoms with Gasteiger partial charge in [-0.2, -0.15) is 0 Å². The van der Waals surface area contributed by atoms with Gasteiger partial charge in [-0.05, 0) is 25.5 Å². The van der Waals surface area contributed by atoms with Gasteiger partial charge in [-0.3, -0.25) is 0 Å². The van der Waals surface area contributed by atoms with Gasteiger partial charge in [-0.25, -0.2) is 4.39 Å². The number of allylic oxidation sites excluding steroid dienone is 1. The lowest BCUT2D eigenvalue weighted by Gasteiger charge is -2.04. The summed E-state index contributed by atoms with van der Waals surface area (Å²) >= 11 is 0. The Morgan fingerprint density at radius 1 is 1.58 bits per heavy atom. The molecule has 0 heterocycles. The summed E-state index contributed by atoms with van der Waals surface area (Å²) < 4.78 is 13.0. The largest absolute Gasteiger partial charge is 0.508 e. The third kappa shape index (κ3) is 1.84. The average Bonchev–Trinajstić information content (AvgIpc) is 1.97. The summed E-state index contributed by atoms with van der Waals surface area (Å²) in [5, 5.41) is 9.26. The number of aromatic hydroxyl groups is 1. The van der Waals surface area contributed by atoms with Crippen LogP contribution >= 0.6 is 0 Å². The van der Waals surface area contributed by atoms with Gasteiger partial charge in [0, 0.05) is 5.56 Å². The summed E-state index contributed by atoms with van der Waals surface area (Å²) in [5.74, 6) is -0.379. The molecule has 1 aromatic carbocycles. The summed E-state index contributed by atoms with van der Waals surface area (Å²) in [4.78, 5) is 0. The highest BCUT2D eigenvalue weighted by Crippen LogP contribution is 2.21. The summed E-state index contributed by atoms with van der Waals surface area (Å²) in [6, 6.07) is 4.28. The van der Waals surface area contributed by atoms with Crippen molar-refractivity contribution >= 4 is 0 Å². The molecule has 1 rings (SSSR count). The Hall–Kier alpha value is -1.31. The SMILES string of the molecule is C=C(C)Cc1c(O)cccc1F. The van der Waals surface area contributed by atoms with E-state index in [-0.39, 0.29) is 11.6 Å². The highest BCUT2D eigenvalue weighted by molar-refractivity contribution is 5.35. The molecule has 0 aliphatic heterocycles. The minimum atomic E-state index is -0.377. The van der Waals surface area contributed by atoms with Crippen molar-refractivity contribution in [3.8, 4) is 5.75 Å². The molecule has 1 aromatic rings. The second kappa shape index (κ2) is 3.39. The highest BCUT2D eigenvalue weighted by atomic mass is 19.1. The first-order chi connectivity index (χ1) is 5.61. The fourth-order valence-electron chi connectivity index (χ4n) is 1.02. The second-order valence-corrected chi connectivity index (χ2v) is 2.87. The molecule has 1 nitrogen and oxygen atoms in total. The van der Waals surface area contributed by atoms with Crippen LogP contribution in [0.15, 0.2) is 30.4 Å². The predicted octanol–water partition coefficient (Wildman–Crippen LogP) is 2.65. The number of halogens is 1. The summed E-state index contributed by atoms with van der Waals surface area (Å²) in [6.07, 6.45) is 0.387. The van der Waals surface area contributed by atoms with Crippen LogP contribution in [-0.4, -0.2) is 5.11 Å². The van der Waals surface area contributed by atoms with E-state index in [0.29, 0.717) is 12.0 Å².